The highest BCUT2D eigenvalue weighted by atomic mass is 15.2. The van der Waals surface area contributed by atoms with Gasteiger partial charge in [-0.2, -0.15) is 0 Å². The number of hydrogen-bond donors (Lipinski definition) is 1. The molecule has 2 fully saturated rings. The molecule has 1 aliphatic heterocycles. The van der Waals surface area contributed by atoms with Gasteiger partial charge in [-0.1, -0.05) is 6.92 Å². The van der Waals surface area contributed by atoms with Crippen LogP contribution in [0.15, 0.2) is 0 Å². The summed E-state index contributed by atoms with van der Waals surface area (Å²) >= 11 is 0. The van der Waals surface area contributed by atoms with Crippen molar-refractivity contribution in [1.29, 1.82) is 0 Å². The van der Waals surface area contributed by atoms with Crippen LogP contribution >= 0.6 is 0 Å². The van der Waals surface area contributed by atoms with Crippen molar-refractivity contribution in [3.63, 3.8) is 0 Å². The molecule has 0 bridgehead atoms. The Morgan fingerprint density at radius 1 is 1.36 bits per heavy atom. The molecule has 0 amide bonds. The third-order valence-corrected chi connectivity index (χ3v) is 3.31. The first-order chi connectivity index (χ1) is 5.35. The van der Waals surface area contributed by atoms with Crippen LogP contribution < -0.4 is 5.73 Å². The van der Waals surface area contributed by atoms with Gasteiger partial charge in [-0.3, -0.25) is 4.90 Å². The van der Waals surface area contributed by atoms with E-state index in [9.17, 15) is 0 Å². The van der Waals surface area contributed by atoms with Crippen LogP contribution in [0.3, 0.4) is 0 Å². The number of likely N-dealkylation sites (tertiary alicyclic amines) is 1. The summed E-state index contributed by atoms with van der Waals surface area (Å²) in [5.74, 6) is 2.09. The summed E-state index contributed by atoms with van der Waals surface area (Å²) in [6.45, 7) is 5.61. The highest BCUT2D eigenvalue weighted by molar-refractivity contribution is 4.97. The number of nitrogens with two attached hydrogens (primary N) is 1. The Morgan fingerprint density at radius 2 is 2.18 bits per heavy atom. The van der Waals surface area contributed by atoms with Crippen molar-refractivity contribution in [3.8, 4) is 0 Å². The second-order valence-electron chi connectivity index (χ2n) is 3.97. The van der Waals surface area contributed by atoms with E-state index in [0.717, 1.165) is 18.4 Å². The zero-order valence-electron chi connectivity index (χ0n) is 7.29. The number of likely N-dealkylation sites (N-methyl/N-ethyl adjacent to an activating group) is 1. The van der Waals surface area contributed by atoms with Gasteiger partial charge in [0.15, 0.2) is 0 Å². The summed E-state index contributed by atoms with van der Waals surface area (Å²) in [6, 6.07) is 0.698. The Balaban J connectivity index is 1.94. The number of hydrogen-bond acceptors (Lipinski definition) is 2. The predicted octanol–water partition coefficient (Wildman–Crippen LogP) is 0.675. The summed E-state index contributed by atoms with van der Waals surface area (Å²) in [4.78, 5) is 2.55. The van der Waals surface area contributed by atoms with Crippen molar-refractivity contribution >= 4 is 0 Å². The maximum atomic E-state index is 5.71. The van der Waals surface area contributed by atoms with E-state index in [1.807, 2.05) is 0 Å². The maximum absolute atomic E-state index is 5.71. The molecule has 1 saturated carbocycles. The first-order valence-corrected chi connectivity index (χ1v) is 4.79. The van der Waals surface area contributed by atoms with Crippen LogP contribution in [0.1, 0.15) is 19.8 Å². The zero-order valence-corrected chi connectivity index (χ0v) is 7.29. The average Bonchev–Trinajstić information content (AvgIpc) is 2.79. The lowest BCUT2D eigenvalue weighted by Gasteiger charge is -2.33. The fraction of sp³-hybridized carbons (Fsp3) is 1.00. The largest absolute Gasteiger partial charge is 0.329 e. The van der Waals surface area contributed by atoms with Crippen molar-refractivity contribution in [2.45, 2.75) is 25.8 Å². The van der Waals surface area contributed by atoms with Gasteiger partial charge in [-0.25, -0.2) is 0 Å². The fourth-order valence-corrected chi connectivity index (χ4v) is 2.40. The molecule has 2 nitrogen and oxygen atoms in total. The first-order valence-electron chi connectivity index (χ1n) is 4.79. The number of piperidine rings is 1. The molecule has 64 valence electrons. The van der Waals surface area contributed by atoms with Crippen LogP contribution in [0, 0.1) is 11.8 Å². The van der Waals surface area contributed by atoms with E-state index >= 15 is 0 Å². The van der Waals surface area contributed by atoms with Gasteiger partial charge in [0.25, 0.3) is 0 Å². The molecule has 0 aromatic heterocycles. The molecule has 0 spiro atoms. The lowest BCUT2D eigenvalue weighted by molar-refractivity contribution is 0.153. The van der Waals surface area contributed by atoms with E-state index < -0.39 is 0 Å². The smallest absolute Gasteiger partial charge is 0.0221 e. The van der Waals surface area contributed by atoms with E-state index in [0.29, 0.717) is 6.04 Å². The Labute approximate surface area is 68.7 Å². The lowest BCUT2D eigenvalue weighted by atomic mass is 10.0. The molecule has 0 radical (unpaired) electrons. The normalized spacial score (nSPS) is 43.6. The van der Waals surface area contributed by atoms with E-state index in [-0.39, 0.29) is 0 Å². The van der Waals surface area contributed by atoms with Crippen LogP contribution in [0.4, 0.5) is 0 Å². The second-order valence-corrected chi connectivity index (χ2v) is 3.97. The number of rotatable bonds is 2. The molecular weight excluding hydrogens is 136 g/mol. The minimum Gasteiger partial charge on any atom is -0.329 e. The molecule has 2 aliphatic rings. The minimum absolute atomic E-state index is 0.698. The summed E-state index contributed by atoms with van der Waals surface area (Å²) in [7, 11) is 0. The predicted molar refractivity (Wildman–Crippen MR) is 46.3 cm³/mol. The molecule has 1 aliphatic carbocycles. The molecule has 3 atom stereocenters. The molecule has 11 heavy (non-hydrogen) atoms. The van der Waals surface area contributed by atoms with Crippen LogP contribution in [0.25, 0.3) is 0 Å². The van der Waals surface area contributed by atoms with Crippen molar-refractivity contribution in [1.82, 2.24) is 4.90 Å². The van der Waals surface area contributed by atoms with Crippen molar-refractivity contribution in [2.75, 3.05) is 19.6 Å². The minimum atomic E-state index is 0.698. The van der Waals surface area contributed by atoms with Gasteiger partial charge in [0.1, 0.15) is 0 Å². The van der Waals surface area contributed by atoms with E-state index in [1.165, 1.54) is 25.9 Å². The number of fused-ring (bicyclic) bond motifs is 1. The van der Waals surface area contributed by atoms with Crippen molar-refractivity contribution in [2.24, 2.45) is 17.6 Å². The first kappa shape index (κ1) is 7.56. The van der Waals surface area contributed by atoms with Crippen LogP contribution in [0.5, 0.6) is 0 Å². The average molecular weight is 154 g/mol. The highest BCUT2D eigenvalue weighted by Crippen LogP contribution is 2.46. The van der Waals surface area contributed by atoms with Crippen molar-refractivity contribution < 1.29 is 0 Å². The molecule has 2 N–H and O–H groups in total. The van der Waals surface area contributed by atoms with Gasteiger partial charge in [-0.15, -0.1) is 0 Å². The van der Waals surface area contributed by atoms with Crippen LogP contribution in [-0.4, -0.2) is 30.6 Å². The molecule has 1 saturated heterocycles. The zero-order chi connectivity index (χ0) is 7.84. The molecule has 0 aromatic carbocycles. The SMILES string of the molecule is CCN1CC2CC2CC1CN. The van der Waals surface area contributed by atoms with Gasteiger partial charge in [0.05, 0.1) is 0 Å². The molecule has 2 heteroatoms. The summed E-state index contributed by atoms with van der Waals surface area (Å²) in [6.07, 6.45) is 2.85. The summed E-state index contributed by atoms with van der Waals surface area (Å²) < 4.78 is 0. The third kappa shape index (κ3) is 1.30. The van der Waals surface area contributed by atoms with E-state index in [2.05, 4.69) is 11.8 Å². The van der Waals surface area contributed by atoms with Gasteiger partial charge in [-0.05, 0) is 31.2 Å². The molecule has 2 rings (SSSR count). The highest BCUT2D eigenvalue weighted by Gasteiger charge is 2.44. The van der Waals surface area contributed by atoms with E-state index in [1.54, 1.807) is 0 Å². The monoisotopic (exact) mass is 154 g/mol. The Bertz CT molecular complexity index is 130. The van der Waals surface area contributed by atoms with Gasteiger partial charge < -0.3 is 5.73 Å². The molecule has 0 aromatic rings. The molecule has 3 unspecified atom stereocenters. The summed E-state index contributed by atoms with van der Waals surface area (Å²) in [5.41, 5.74) is 5.71. The van der Waals surface area contributed by atoms with Crippen LogP contribution in [-0.2, 0) is 0 Å². The van der Waals surface area contributed by atoms with E-state index in [4.69, 9.17) is 5.73 Å². The fourth-order valence-electron chi connectivity index (χ4n) is 2.40. The Kier molecular flexibility index (Phi) is 1.90. The third-order valence-electron chi connectivity index (χ3n) is 3.31. The maximum Gasteiger partial charge on any atom is 0.0221 e. The quantitative estimate of drug-likeness (QED) is 0.633. The Morgan fingerprint density at radius 3 is 2.82 bits per heavy atom. The number of nitrogens with zero attached hydrogens (tertiary/aromatic N) is 1. The second kappa shape index (κ2) is 2.76. The van der Waals surface area contributed by atoms with Gasteiger partial charge in [0.2, 0.25) is 0 Å². The van der Waals surface area contributed by atoms with Crippen molar-refractivity contribution in [3.05, 3.63) is 0 Å². The van der Waals surface area contributed by atoms with Gasteiger partial charge in [0, 0.05) is 19.1 Å². The van der Waals surface area contributed by atoms with Crippen LogP contribution in [0.2, 0.25) is 0 Å². The lowest BCUT2D eigenvalue weighted by Crippen LogP contribution is -2.44. The standard InChI is InChI=1S/C9H18N2/c1-2-11-6-8-3-7(8)4-9(11)5-10/h7-9H,2-6,10H2,1H3. The molecular formula is C9H18N2. The Hall–Kier alpha value is -0.0800. The topological polar surface area (TPSA) is 29.3 Å². The summed E-state index contributed by atoms with van der Waals surface area (Å²) in [5, 5.41) is 0. The molecule has 1 heterocycles. The van der Waals surface area contributed by atoms with Gasteiger partial charge >= 0.3 is 0 Å².